The van der Waals surface area contributed by atoms with E-state index in [4.69, 9.17) is 21.1 Å². The first-order chi connectivity index (χ1) is 10.1. The molecule has 0 fully saturated rings. The minimum Gasteiger partial charge on any atom is -0.493 e. The molecule has 0 unspecified atom stereocenters. The van der Waals surface area contributed by atoms with Crippen LogP contribution < -0.4 is 9.47 Å². The fraction of sp³-hybridized carbons (Fsp3) is 0.188. The smallest absolute Gasteiger partial charge is 0.163 e. The molecule has 0 aliphatic heterocycles. The number of hydrogen-bond acceptors (Lipinski definition) is 3. The maximum atomic E-state index is 6.06. The van der Waals surface area contributed by atoms with Crippen LogP contribution in [0.5, 0.6) is 11.5 Å². The zero-order valence-electron chi connectivity index (χ0n) is 12.0. The van der Waals surface area contributed by atoms with Gasteiger partial charge >= 0.3 is 0 Å². The van der Waals surface area contributed by atoms with Crippen LogP contribution in [0.3, 0.4) is 0 Å². The predicted octanol–water partition coefficient (Wildman–Crippen LogP) is 4.21. The summed E-state index contributed by atoms with van der Waals surface area (Å²) < 4.78 is 10.6. The number of hydrogen-bond donors (Lipinski definition) is 1. The molecule has 108 valence electrons. The summed E-state index contributed by atoms with van der Waals surface area (Å²) >= 11 is 6.06. The summed E-state index contributed by atoms with van der Waals surface area (Å²) in [6.45, 7) is 1.97. The van der Waals surface area contributed by atoms with Crippen molar-refractivity contribution in [1.29, 1.82) is 0 Å². The van der Waals surface area contributed by atoms with Crippen LogP contribution in [0.4, 0.5) is 0 Å². The number of fused-ring (bicyclic) bond motifs is 1. The first-order valence-electron chi connectivity index (χ1n) is 6.50. The second kappa shape index (κ2) is 5.30. The van der Waals surface area contributed by atoms with E-state index in [2.05, 4.69) is 9.97 Å². The van der Waals surface area contributed by atoms with Gasteiger partial charge in [-0.15, -0.1) is 0 Å². The Kier molecular flexibility index (Phi) is 3.47. The molecule has 2 aromatic carbocycles. The van der Waals surface area contributed by atoms with Gasteiger partial charge in [0.1, 0.15) is 5.82 Å². The number of nitrogens with one attached hydrogen (secondary N) is 1. The molecule has 1 N–H and O–H groups in total. The summed E-state index contributed by atoms with van der Waals surface area (Å²) in [5.74, 6) is 2.13. The maximum Gasteiger partial charge on any atom is 0.163 e. The Hall–Kier alpha value is -2.20. The number of rotatable bonds is 3. The van der Waals surface area contributed by atoms with Crippen LogP contribution in [0.1, 0.15) is 5.56 Å². The van der Waals surface area contributed by atoms with Crippen molar-refractivity contribution >= 4 is 22.6 Å². The Balaban J connectivity index is 2.14. The van der Waals surface area contributed by atoms with Gasteiger partial charge in [0.25, 0.3) is 0 Å². The van der Waals surface area contributed by atoms with Crippen LogP contribution in [-0.2, 0) is 0 Å². The van der Waals surface area contributed by atoms with Crippen molar-refractivity contribution in [2.75, 3.05) is 14.2 Å². The molecule has 3 aromatic rings. The molecule has 0 bridgehead atoms. The highest BCUT2D eigenvalue weighted by atomic mass is 35.5. The number of aromatic nitrogens is 2. The average Bonchev–Trinajstić information content (AvgIpc) is 2.91. The molecule has 1 aromatic heterocycles. The molecule has 3 rings (SSSR count). The molecule has 0 radical (unpaired) electrons. The molecule has 21 heavy (non-hydrogen) atoms. The Morgan fingerprint density at radius 3 is 2.43 bits per heavy atom. The number of methoxy groups -OCH3 is 2. The molecule has 0 aliphatic carbocycles. The van der Waals surface area contributed by atoms with Gasteiger partial charge in [-0.3, -0.25) is 0 Å². The number of aromatic amines is 1. The van der Waals surface area contributed by atoms with Crippen molar-refractivity contribution in [3.05, 3.63) is 40.9 Å². The third-order valence-electron chi connectivity index (χ3n) is 3.42. The fourth-order valence-electron chi connectivity index (χ4n) is 2.27. The van der Waals surface area contributed by atoms with E-state index in [1.54, 1.807) is 14.2 Å². The largest absolute Gasteiger partial charge is 0.493 e. The zero-order valence-corrected chi connectivity index (χ0v) is 12.8. The highest BCUT2D eigenvalue weighted by molar-refractivity contribution is 6.31. The summed E-state index contributed by atoms with van der Waals surface area (Å²) in [7, 11) is 3.23. The standard InChI is InChI=1S/C16H15ClN2O2/c1-9-6-10(4-5-11(9)17)16-18-12-7-14(20-2)15(21-3)8-13(12)19-16/h4-8H,1-3H3,(H,18,19). The quantitative estimate of drug-likeness (QED) is 0.788. The van der Waals surface area contributed by atoms with Gasteiger partial charge in [0.2, 0.25) is 0 Å². The number of halogens is 1. The van der Waals surface area contributed by atoms with E-state index >= 15 is 0 Å². The van der Waals surface area contributed by atoms with Gasteiger partial charge in [0.15, 0.2) is 11.5 Å². The molecule has 5 heteroatoms. The van der Waals surface area contributed by atoms with Gasteiger partial charge < -0.3 is 14.5 Å². The molecule has 0 saturated heterocycles. The van der Waals surface area contributed by atoms with Crippen molar-refractivity contribution in [2.45, 2.75) is 6.92 Å². The molecule has 0 spiro atoms. The number of benzene rings is 2. The predicted molar refractivity (Wildman–Crippen MR) is 84.4 cm³/mol. The van der Waals surface area contributed by atoms with Gasteiger partial charge in [0, 0.05) is 22.7 Å². The van der Waals surface area contributed by atoms with Crippen molar-refractivity contribution in [2.24, 2.45) is 0 Å². The summed E-state index contributed by atoms with van der Waals surface area (Å²) in [4.78, 5) is 7.90. The van der Waals surface area contributed by atoms with Crippen molar-refractivity contribution < 1.29 is 9.47 Å². The maximum absolute atomic E-state index is 6.06. The molecule has 0 amide bonds. The van der Waals surface area contributed by atoms with E-state index in [-0.39, 0.29) is 0 Å². The zero-order chi connectivity index (χ0) is 15.0. The van der Waals surface area contributed by atoms with Crippen LogP contribution in [0.2, 0.25) is 5.02 Å². The van der Waals surface area contributed by atoms with Gasteiger partial charge in [-0.2, -0.15) is 0 Å². The van der Waals surface area contributed by atoms with Crippen LogP contribution in [0, 0.1) is 6.92 Å². The van der Waals surface area contributed by atoms with Gasteiger partial charge in [-0.1, -0.05) is 11.6 Å². The Morgan fingerprint density at radius 1 is 1.05 bits per heavy atom. The molecular formula is C16H15ClN2O2. The van der Waals surface area contributed by atoms with E-state index in [1.807, 2.05) is 37.3 Å². The Bertz CT molecular complexity index is 770. The number of ether oxygens (including phenoxy) is 2. The molecule has 0 atom stereocenters. The van der Waals surface area contributed by atoms with Crippen molar-refractivity contribution in [1.82, 2.24) is 9.97 Å². The van der Waals surface area contributed by atoms with Crippen LogP contribution in [0.15, 0.2) is 30.3 Å². The average molecular weight is 303 g/mol. The Labute approximate surface area is 127 Å². The first-order valence-corrected chi connectivity index (χ1v) is 6.88. The number of H-pyrrole nitrogens is 1. The number of imidazole rings is 1. The van der Waals surface area contributed by atoms with Crippen molar-refractivity contribution in [3.63, 3.8) is 0 Å². The van der Waals surface area contributed by atoms with Crippen LogP contribution in [-0.4, -0.2) is 24.2 Å². The second-order valence-corrected chi connectivity index (χ2v) is 5.18. The highest BCUT2D eigenvalue weighted by Gasteiger charge is 2.11. The Morgan fingerprint density at radius 2 is 1.76 bits per heavy atom. The fourth-order valence-corrected chi connectivity index (χ4v) is 2.38. The number of nitrogens with zero attached hydrogens (tertiary/aromatic N) is 1. The molecule has 0 aliphatic rings. The molecule has 1 heterocycles. The van der Waals surface area contributed by atoms with E-state index in [0.717, 1.165) is 33.0 Å². The molecular weight excluding hydrogens is 288 g/mol. The third kappa shape index (κ3) is 2.43. The lowest BCUT2D eigenvalue weighted by molar-refractivity contribution is 0.356. The minimum absolute atomic E-state index is 0.662. The summed E-state index contributed by atoms with van der Waals surface area (Å²) in [6.07, 6.45) is 0. The number of aryl methyl sites for hydroxylation is 1. The summed E-state index contributed by atoms with van der Waals surface area (Å²) in [6, 6.07) is 9.57. The third-order valence-corrected chi connectivity index (χ3v) is 3.84. The first kappa shape index (κ1) is 13.8. The van der Waals surface area contributed by atoms with Gasteiger partial charge in [-0.05, 0) is 30.7 Å². The molecule has 0 saturated carbocycles. The molecule has 4 nitrogen and oxygen atoms in total. The van der Waals surface area contributed by atoms with Crippen LogP contribution >= 0.6 is 11.6 Å². The van der Waals surface area contributed by atoms with Crippen LogP contribution in [0.25, 0.3) is 22.4 Å². The lowest BCUT2D eigenvalue weighted by Crippen LogP contribution is -1.89. The van der Waals surface area contributed by atoms with E-state index in [1.165, 1.54) is 0 Å². The second-order valence-electron chi connectivity index (χ2n) is 4.77. The van der Waals surface area contributed by atoms with E-state index < -0.39 is 0 Å². The monoisotopic (exact) mass is 302 g/mol. The minimum atomic E-state index is 0.662. The lowest BCUT2D eigenvalue weighted by Gasteiger charge is -2.06. The topological polar surface area (TPSA) is 47.1 Å². The van der Waals surface area contributed by atoms with E-state index in [9.17, 15) is 0 Å². The SMILES string of the molecule is COc1cc2nc(-c3ccc(Cl)c(C)c3)[nH]c2cc1OC. The van der Waals surface area contributed by atoms with E-state index in [0.29, 0.717) is 11.5 Å². The summed E-state index contributed by atoms with van der Waals surface area (Å²) in [5, 5.41) is 0.748. The van der Waals surface area contributed by atoms with Gasteiger partial charge in [-0.25, -0.2) is 4.98 Å². The van der Waals surface area contributed by atoms with Gasteiger partial charge in [0.05, 0.1) is 25.3 Å². The van der Waals surface area contributed by atoms with Crippen molar-refractivity contribution in [3.8, 4) is 22.9 Å². The lowest BCUT2D eigenvalue weighted by atomic mass is 10.1. The highest BCUT2D eigenvalue weighted by Crippen LogP contribution is 2.33. The normalized spacial score (nSPS) is 10.9. The summed E-state index contributed by atoms with van der Waals surface area (Å²) in [5.41, 5.74) is 3.74.